The fourth-order valence-electron chi connectivity index (χ4n) is 7.63. The van der Waals surface area contributed by atoms with Crippen molar-refractivity contribution in [3.05, 3.63) is 97.1 Å². The quantitative estimate of drug-likeness (QED) is 0.361. The van der Waals surface area contributed by atoms with Gasteiger partial charge in [0, 0.05) is 39.3 Å². The van der Waals surface area contributed by atoms with Gasteiger partial charge in [-0.3, -0.25) is 14.4 Å². The van der Waals surface area contributed by atoms with Crippen LogP contribution in [0.5, 0.6) is 0 Å². The zero-order valence-electron chi connectivity index (χ0n) is 25.2. The summed E-state index contributed by atoms with van der Waals surface area (Å²) in [5, 5.41) is 9.71. The molecule has 0 radical (unpaired) electrons. The molecular weight excluding hydrogens is 542 g/mol. The molecule has 3 saturated heterocycles. The van der Waals surface area contributed by atoms with Gasteiger partial charge >= 0.3 is 0 Å². The zero-order valence-corrected chi connectivity index (χ0v) is 25.2. The molecule has 1 spiro atoms. The van der Waals surface area contributed by atoms with E-state index in [9.17, 15) is 19.5 Å². The summed E-state index contributed by atoms with van der Waals surface area (Å²) in [6.07, 6.45) is 4.19. The minimum absolute atomic E-state index is 0.0668. The van der Waals surface area contributed by atoms with E-state index in [-0.39, 0.29) is 36.8 Å². The molecule has 3 aliphatic heterocycles. The van der Waals surface area contributed by atoms with Crippen molar-refractivity contribution in [2.75, 3.05) is 26.2 Å². The highest BCUT2D eigenvalue weighted by Crippen LogP contribution is 2.65. The molecule has 1 N–H and O–H groups in total. The molecule has 5 rings (SSSR count). The minimum atomic E-state index is -1.15. The number of rotatable bonds is 13. The lowest BCUT2D eigenvalue weighted by molar-refractivity contribution is -0.155. The molecule has 8 nitrogen and oxygen atoms in total. The van der Waals surface area contributed by atoms with Crippen molar-refractivity contribution in [3.63, 3.8) is 0 Å². The summed E-state index contributed by atoms with van der Waals surface area (Å²) in [4.78, 5) is 48.5. The molecule has 2 aromatic rings. The van der Waals surface area contributed by atoms with Crippen LogP contribution in [0.2, 0.25) is 0 Å². The third kappa shape index (κ3) is 5.31. The Morgan fingerprint density at radius 3 is 2.02 bits per heavy atom. The third-order valence-electron chi connectivity index (χ3n) is 9.63. The molecule has 6 atom stereocenters. The summed E-state index contributed by atoms with van der Waals surface area (Å²) in [7, 11) is 0. The van der Waals surface area contributed by atoms with Gasteiger partial charge in [-0.25, -0.2) is 0 Å². The second kappa shape index (κ2) is 12.5. The first-order valence-corrected chi connectivity index (χ1v) is 15.2. The number of benzene rings is 2. The predicted octanol–water partition coefficient (Wildman–Crippen LogP) is 3.81. The van der Waals surface area contributed by atoms with E-state index in [1.54, 1.807) is 26.9 Å². The molecule has 0 aliphatic carbocycles. The summed E-state index contributed by atoms with van der Waals surface area (Å²) in [6, 6.07) is 18.5. The van der Waals surface area contributed by atoms with E-state index < -0.39 is 29.1 Å². The van der Waals surface area contributed by atoms with Crippen LogP contribution in [-0.4, -0.2) is 81.0 Å². The second-order valence-corrected chi connectivity index (χ2v) is 12.3. The number of hydrogen-bond donors (Lipinski definition) is 1. The van der Waals surface area contributed by atoms with Gasteiger partial charge in [0.2, 0.25) is 17.7 Å². The molecule has 8 heteroatoms. The first kappa shape index (κ1) is 30.7. The first-order chi connectivity index (χ1) is 20.7. The van der Waals surface area contributed by atoms with E-state index in [1.807, 2.05) is 74.5 Å². The standard InChI is InChI=1S/C35H43N3O5/c1-5-18-36(23-26-14-9-7-10-15-26)31(40)28-29-32(41)38(20-13-21-39)30(35(29)22-25(3)34(28,4)43-35)33(42)37(19-6-2)24-27-16-11-8-12-17-27/h5-12,14-17,25,28-30,39H,1-2,13,18-24H2,3-4H3/t25?,28-,29+,30?,34+,35?/m1/s1. The van der Waals surface area contributed by atoms with Crippen LogP contribution in [0.4, 0.5) is 0 Å². The Morgan fingerprint density at radius 1 is 0.977 bits per heavy atom. The molecule has 3 amide bonds. The molecule has 0 saturated carbocycles. The average Bonchev–Trinajstić information content (AvgIpc) is 3.52. The van der Waals surface area contributed by atoms with E-state index in [0.29, 0.717) is 39.0 Å². The van der Waals surface area contributed by atoms with Crippen LogP contribution in [0.3, 0.4) is 0 Å². The van der Waals surface area contributed by atoms with Gasteiger partial charge in [0.15, 0.2) is 0 Å². The van der Waals surface area contributed by atoms with Gasteiger partial charge in [-0.2, -0.15) is 0 Å². The Bertz CT molecular complexity index is 1350. The van der Waals surface area contributed by atoms with Crippen molar-refractivity contribution in [3.8, 4) is 0 Å². The molecule has 2 aromatic carbocycles. The Hall–Kier alpha value is -3.75. The van der Waals surface area contributed by atoms with Crippen molar-refractivity contribution in [1.82, 2.24) is 14.7 Å². The van der Waals surface area contributed by atoms with Crippen LogP contribution in [0.1, 0.15) is 37.8 Å². The maximum Gasteiger partial charge on any atom is 0.248 e. The van der Waals surface area contributed by atoms with Crippen LogP contribution < -0.4 is 0 Å². The lowest BCUT2D eigenvalue weighted by Gasteiger charge is -2.39. The van der Waals surface area contributed by atoms with E-state index in [0.717, 1.165) is 11.1 Å². The van der Waals surface area contributed by atoms with Crippen molar-refractivity contribution in [2.24, 2.45) is 17.8 Å². The Kier molecular flexibility index (Phi) is 8.90. The summed E-state index contributed by atoms with van der Waals surface area (Å²) >= 11 is 0. The summed E-state index contributed by atoms with van der Waals surface area (Å²) < 4.78 is 6.92. The molecule has 2 bridgehead atoms. The number of carbonyl (C=O) groups is 3. The van der Waals surface area contributed by atoms with E-state index >= 15 is 0 Å². The summed E-state index contributed by atoms with van der Waals surface area (Å²) in [5.41, 5.74) is -0.131. The number of hydrogen-bond acceptors (Lipinski definition) is 5. The monoisotopic (exact) mass is 585 g/mol. The van der Waals surface area contributed by atoms with Crippen molar-refractivity contribution >= 4 is 17.7 Å². The fourth-order valence-corrected chi connectivity index (χ4v) is 7.63. The van der Waals surface area contributed by atoms with Crippen molar-refractivity contribution in [2.45, 2.75) is 57.0 Å². The predicted molar refractivity (Wildman–Crippen MR) is 164 cm³/mol. The van der Waals surface area contributed by atoms with Gasteiger partial charge in [0.1, 0.15) is 11.6 Å². The van der Waals surface area contributed by atoms with Crippen molar-refractivity contribution in [1.29, 1.82) is 0 Å². The Labute approximate surface area is 254 Å². The molecule has 0 aromatic heterocycles. The van der Waals surface area contributed by atoms with E-state index in [4.69, 9.17) is 4.74 Å². The number of likely N-dealkylation sites (tertiary alicyclic amines) is 1. The smallest absolute Gasteiger partial charge is 0.248 e. The summed E-state index contributed by atoms with van der Waals surface area (Å²) in [6.45, 7) is 13.2. The molecule has 3 unspecified atom stereocenters. The molecule has 43 heavy (non-hydrogen) atoms. The number of aliphatic hydroxyl groups excluding tert-OH is 1. The van der Waals surface area contributed by atoms with Crippen LogP contribution in [-0.2, 0) is 32.2 Å². The van der Waals surface area contributed by atoms with E-state index in [1.165, 1.54) is 0 Å². The topological polar surface area (TPSA) is 90.4 Å². The highest BCUT2D eigenvalue weighted by molar-refractivity contribution is 5.99. The number of aliphatic hydroxyl groups is 1. The van der Waals surface area contributed by atoms with E-state index in [2.05, 4.69) is 13.2 Å². The molecule has 3 aliphatic rings. The number of ether oxygens (including phenoxy) is 1. The number of amides is 3. The number of fused-ring (bicyclic) bond motifs is 1. The Balaban J connectivity index is 1.54. The highest BCUT2D eigenvalue weighted by Gasteiger charge is 2.80. The zero-order chi connectivity index (χ0) is 30.8. The lowest BCUT2D eigenvalue weighted by atomic mass is 9.62. The van der Waals surface area contributed by atoms with Gasteiger partial charge in [0.05, 0.1) is 17.4 Å². The molecule has 228 valence electrons. The average molecular weight is 586 g/mol. The minimum Gasteiger partial charge on any atom is -0.396 e. The molecule has 3 heterocycles. The second-order valence-electron chi connectivity index (χ2n) is 12.3. The largest absolute Gasteiger partial charge is 0.396 e. The van der Waals surface area contributed by atoms with Gasteiger partial charge in [0.25, 0.3) is 0 Å². The van der Waals surface area contributed by atoms with Crippen LogP contribution >= 0.6 is 0 Å². The van der Waals surface area contributed by atoms with Gasteiger partial charge < -0.3 is 24.5 Å². The molecule has 3 fully saturated rings. The van der Waals surface area contributed by atoms with Gasteiger partial charge in [-0.05, 0) is 36.8 Å². The third-order valence-corrected chi connectivity index (χ3v) is 9.63. The molecular formula is C35H43N3O5. The Morgan fingerprint density at radius 2 is 1.51 bits per heavy atom. The van der Waals surface area contributed by atoms with Crippen molar-refractivity contribution < 1.29 is 24.2 Å². The fraction of sp³-hybridized carbons (Fsp3) is 0.457. The normalized spacial score (nSPS) is 28.9. The van der Waals surface area contributed by atoms with Crippen LogP contribution in [0.25, 0.3) is 0 Å². The SMILES string of the molecule is C=CCN(Cc1ccccc1)C(=O)C1N(CCCO)C(=O)[C@@H]2[C@H](C(=O)N(CC=C)Cc3ccccc3)[C@@]3(C)OC12CC3C. The van der Waals surface area contributed by atoms with Gasteiger partial charge in [-0.1, -0.05) is 79.7 Å². The number of nitrogens with zero attached hydrogens (tertiary/aromatic N) is 3. The highest BCUT2D eigenvalue weighted by atomic mass is 16.5. The summed E-state index contributed by atoms with van der Waals surface area (Å²) in [5.74, 6) is -2.28. The first-order valence-electron chi connectivity index (χ1n) is 15.2. The lowest BCUT2D eigenvalue weighted by Crippen LogP contribution is -2.56. The number of carbonyl (C=O) groups excluding carboxylic acids is 3. The van der Waals surface area contributed by atoms with Crippen LogP contribution in [0, 0.1) is 17.8 Å². The maximum absolute atomic E-state index is 14.6. The van der Waals surface area contributed by atoms with Gasteiger partial charge in [-0.15, -0.1) is 13.2 Å². The van der Waals surface area contributed by atoms with Crippen LogP contribution in [0.15, 0.2) is 86.0 Å². The maximum atomic E-state index is 14.6.